The van der Waals surface area contributed by atoms with Crippen LogP contribution in [0.25, 0.3) is 0 Å². The van der Waals surface area contributed by atoms with Crippen molar-refractivity contribution >= 4 is 17.6 Å². The molecule has 1 aromatic carbocycles. The van der Waals surface area contributed by atoms with Crippen LogP contribution in [-0.2, 0) is 0 Å². The van der Waals surface area contributed by atoms with E-state index in [2.05, 4.69) is 4.99 Å². The molecule has 2 rings (SSSR count). The lowest BCUT2D eigenvalue weighted by atomic mass is 10.0. The number of guanidine groups is 1. The van der Waals surface area contributed by atoms with Crippen LogP contribution in [0.3, 0.4) is 0 Å². The Bertz CT molecular complexity index is 439. The Morgan fingerprint density at radius 3 is 2.82 bits per heavy atom. The molecular formula is C12H15ClFN3. The molecule has 0 fully saturated rings. The van der Waals surface area contributed by atoms with Gasteiger partial charge in [-0.2, -0.15) is 0 Å². The van der Waals surface area contributed by atoms with E-state index in [-0.39, 0.29) is 17.9 Å². The van der Waals surface area contributed by atoms with Crippen LogP contribution in [-0.4, -0.2) is 23.4 Å². The van der Waals surface area contributed by atoms with E-state index in [1.165, 1.54) is 6.07 Å². The van der Waals surface area contributed by atoms with Crippen molar-refractivity contribution in [3.05, 3.63) is 34.6 Å². The van der Waals surface area contributed by atoms with E-state index >= 15 is 0 Å². The van der Waals surface area contributed by atoms with E-state index < -0.39 is 0 Å². The summed E-state index contributed by atoms with van der Waals surface area (Å²) < 4.78 is 13.9. The molecule has 0 aromatic heterocycles. The van der Waals surface area contributed by atoms with Crippen molar-refractivity contribution in [2.45, 2.75) is 25.9 Å². The normalized spacial score (nSPS) is 19.9. The second kappa shape index (κ2) is 4.53. The predicted octanol–water partition coefficient (Wildman–Crippen LogP) is 2.56. The number of nitrogens with zero attached hydrogens (tertiary/aromatic N) is 2. The zero-order chi connectivity index (χ0) is 12.6. The summed E-state index contributed by atoms with van der Waals surface area (Å²) >= 11 is 6.07. The van der Waals surface area contributed by atoms with Crippen LogP contribution in [0.1, 0.15) is 25.5 Å². The topological polar surface area (TPSA) is 41.6 Å². The molecule has 1 heterocycles. The van der Waals surface area contributed by atoms with Crippen molar-refractivity contribution in [1.82, 2.24) is 4.90 Å². The zero-order valence-electron chi connectivity index (χ0n) is 9.82. The van der Waals surface area contributed by atoms with Gasteiger partial charge in [0.2, 0.25) is 0 Å². The van der Waals surface area contributed by atoms with Gasteiger partial charge in [0.05, 0.1) is 12.6 Å². The second-order valence-electron chi connectivity index (χ2n) is 4.35. The van der Waals surface area contributed by atoms with E-state index in [9.17, 15) is 4.39 Å². The summed E-state index contributed by atoms with van der Waals surface area (Å²) in [6.07, 6.45) is 0. The zero-order valence-corrected chi connectivity index (χ0v) is 10.6. The number of rotatable bonds is 2. The van der Waals surface area contributed by atoms with Crippen molar-refractivity contribution in [3.8, 4) is 0 Å². The van der Waals surface area contributed by atoms with Gasteiger partial charge in [-0.1, -0.05) is 17.7 Å². The molecule has 0 saturated heterocycles. The number of hydrogen-bond donors (Lipinski definition) is 1. The minimum atomic E-state index is -0.307. The first-order valence-corrected chi connectivity index (χ1v) is 5.92. The summed E-state index contributed by atoms with van der Waals surface area (Å²) in [7, 11) is 0. The lowest BCUT2D eigenvalue weighted by molar-refractivity contribution is 0.284. The molecule has 0 radical (unpaired) electrons. The van der Waals surface area contributed by atoms with Crippen molar-refractivity contribution in [1.29, 1.82) is 0 Å². The molecule has 0 saturated carbocycles. The Kier molecular flexibility index (Phi) is 3.24. The summed E-state index contributed by atoms with van der Waals surface area (Å²) in [5.41, 5.74) is 6.30. The Labute approximate surface area is 105 Å². The molecule has 0 amide bonds. The van der Waals surface area contributed by atoms with Crippen LogP contribution < -0.4 is 5.73 Å². The van der Waals surface area contributed by atoms with Gasteiger partial charge in [0.1, 0.15) is 5.82 Å². The van der Waals surface area contributed by atoms with Crippen LogP contribution in [0.2, 0.25) is 5.02 Å². The maximum Gasteiger partial charge on any atom is 0.192 e. The number of aliphatic imine (C=N–C) groups is 1. The minimum absolute atomic E-state index is 0.155. The first-order valence-electron chi connectivity index (χ1n) is 5.54. The molecule has 2 N–H and O–H groups in total. The van der Waals surface area contributed by atoms with Crippen molar-refractivity contribution < 1.29 is 4.39 Å². The van der Waals surface area contributed by atoms with Crippen LogP contribution in [0.4, 0.5) is 4.39 Å². The smallest absolute Gasteiger partial charge is 0.192 e. The average molecular weight is 256 g/mol. The molecular weight excluding hydrogens is 241 g/mol. The molecule has 3 nitrogen and oxygen atoms in total. The quantitative estimate of drug-likeness (QED) is 0.883. The molecule has 0 aliphatic carbocycles. The molecule has 17 heavy (non-hydrogen) atoms. The fourth-order valence-electron chi connectivity index (χ4n) is 2.19. The van der Waals surface area contributed by atoms with Crippen molar-refractivity contribution in [2.24, 2.45) is 10.7 Å². The standard InChI is InChI=1S/C12H15ClFN3/c1-7(2)17-10(6-16-12(17)15)11-8(13)4-3-5-9(11)14/h3-5,7,10H,6H2,1-2H3,(H2,15,16). The largest absolute Gasteiger partial charge is 0.370 e. The lowest BCUT2D eigenvalue weighted by Gasteiger charge is -2.30. The highest BCUT2D eigenvalue weighted by Crippen LogP contribution is 2.33. The van der Waals surface area contributed by atoms with Gasteiger partial charge >= 0.3 is 0 Å². The number of hydrogen-bond acceptors (Lipinski definition) is 3. The van der Waals surface area contributed by atoms with Crippen molar-refractivity contribution in [3.63, 3.8) is 0 Å². The van der Waals surface area contributed by atoms with Gasteiger partial charge in [-0.25, -0.2) is 4.39 Å². The highest BCUT2D eigenvalue weighted by atomic mass is 35.5. The summed E-state index contributed by atoms with van der Waals surface area (Å²) in [5.74, 6) is 0.141. The molecule has 0 bridgehead atoms. The molecule has 1 aliphatic rings. The highest BCUT2D eigenvalue weighted by molar-refractivity contribution is 6.31. The lowest BCUT2D eigenvalue weighted by Crippen LogP contribution is -2.41. The third-order valence-corrected chi connectivity index (χ3v) is 3.25. The average Bonchev–Trinajstić information content (AvgIpc) is 2.60. The third kappa shape index (κ3) is 2.09. The van der Waals surface area contributed by atoms with E-state index in [1.54, 1.807) is 12.1 Å². The third-order valence-electron chi connectivity index (χ3n) is 2.92. The maximum atomic E-state index is 13.9. The van der Waals surface area contributed by atoms with Gasteiger partial charge in [-0.15, -0.1) is 0 Å². The molecule has 92 valence electrons. The van der Waals surface area contributed by atoms with Crippen LogP contribution in [0.15, 0.2) is 23.2 Å². The van der Waals surface area contributed by atoms with Gasteiger partial charge < -0.3 is 10.6 Å². The minimum Gasteiger partial charge on any atom is -0.370 e. The number of halogens is 2. The molecule has 0 spiro atoms. The molecule has 5 heteroatoms. The first-order chi connectivity index (χ1) is 8.02. The van der Waals surface area contributed by atoms with Crippen LogP contribution >= 0.6 is 11.6 Å². The van der Waals surface area contributed by atoms with Crippen LogP contribution in [0, 0.1) is 5.82 Å². The summed E-state index contributed by atoms with van der Waals surface area (Å²) in [6.45, 7) is 4.44. The summed E-state index contributed by atoms with van der Waals surface area (Å²) in [4.78, 5) is 6.07. The molecule has 1 aromatic rings. The highest BCUT2D eigenvalue weighted by Gasteiger charge is 2.32. The van der Waals surface area contributed by atoms with Crippen LogP contribution in [0.5, 0.6) is 0 Å². The maximum absolute atomic E-state index is 13.9. The SMILES string of the molecule is CC(C)N1C(N)=NCC1c1c(F)cccc1Cl. The Morgan fingerprint density at radius 2 is 2.24 bits per heavy atom. The van der Waals surface area contributed by atoms with Gasteiger partial charge in [-0.3, -0.25) is 4.99 Å². The second-order valence-corrected chi connectivity index (χ2v) is 4.76. The van der Waals surface area contributed by atoms with Gasteiger partial charge in [0.15, 0.2) is 5.96 Å². The predicted molar refractivity (Wildman–Crippen MR) is 67.6 cm³/mol. The molecule has 1 aliphatic heterocycles. The van der Waals surface area contributed by atoms with Gasteiger partial charge in [0, 0.05) is 16.6 Å². The van der Waals surface area contributed by atoms with E-state index in [0.29, 0.717) is 23.1 Å². The van der Waals surface area contributed by atoms with E-state index in [4.69, 9.17) is 17.3 Å². The molecule has 1 unspecified atom stereocenters. The van der Waals surface area contributed by atoms with Gasteiger partial charge in [0.25, 0.3) is 0 Å². The van der Waals surface area contributed by atoms with E-state index in [1.807, 2.05) is 18.7 Å². The fraction of sp³-hybridized carbons (Fsp3) is 0.417. The Morgan fingerprint density at radius 1 is 1.53 bits per heavy atom. The Balaban J connectivity index is 2.41. The Hall–Kier alpha value is -1.29. The van der Waals surface area contributed by atoms with Crippen molar-refractivity contribution in [2.75, 3.05) is 6.54 Å². The van der Waals surface area contributed by atoms with Gasteiger partial charge in [-0.05, 0) is 26.0 Å². The first kappa shape index (κ1) is 12.2. The number of nitrogens with two attached hydrogens (primary N) is 1. The van der Waals surface area contributed by atoms with E-state index in [0.717, 1.165) is 0 Å². The number of benzene rings is 1. The summed E-state index contributed by atoms with van der Waals surface area (Å²) in [6, 6.07) is 4.65. The molecule has 1 atom stereocenters. The summed E-state index contributed by atoms with van der Waals surface area (Å²) in [5, 5.41) is 0.422. The monoisotopic (exact) mass is 255 g/mol. The fourth-order valence-corrected chi connectivity index (χ4v) is 2.48.